The van der Waals surface area contributed by atoms with Crippen molar-refractivity contribution in [2.75, 3.05) is 0 Å². The second-order valence-electron chi connectivity index (χ2n) is 6.03. The lowest BCUT2D eigenvalue weighted by molar-refractivity contribution is -0.123. The zero-order valence-corrected chi connectivity index (χ0v) is 11.9. The standard InChI is InChI=1S/C17H22O2/c1-11(2)16(18)15-10-14(15)9-12(3)17(19)13-7-5-4-6-8-13/h4-8,11-12,14-15H,9-10H2,1-3H3. The van der Waals surface area contributed by atoms with Crippen molar-refractivity contribution in [2.24, 2.45) is 23.7 Å². The van der Waals surface area contributed by atoms with Gasteiger partial charge in [-0.05, 0) is 18.8 Å². The normalized spacial score (nSPS) is 23.2. The third-order valence-corrected chi connectivity index (χ3v) is 4.02. The molecule has 1 aromatic carbocycles. The van der Waals surface area contributed by atoms with Crippen molar-refractivity contribution >= 4 is 11.6 Å². The molecule has 3 unspecified atom stereocenters. The molecule has 19 heavy (non-hydrogen) atoms. The molecule has 0 bridgehead atoms. The Morgan fingerprint density at radius 3 is 2.37 bits per heavy atom. The first-order chi connectivity index (χ1) is 9.00. The highest BCUT2D eigenvalue weighted by Gasteiger charge is 2.44. The second kappa shape index (κ2) is 5.68. The molecule has 0 N–H and O–H groups in total. The number of benzene rings is 1. The highest BCUT2D eigenvalue weighted by atomic mass is 16.1. The molecule has 1 aromatic rings. The van der Waals surface area contributed by atoms with Gasteiger partial charge in [0.1, 0.15) is 5.78 Å². The summed E-state index contributed by atoms with van der Waals surface area (Å²) in [5, 5.41) is 0. The second-order valence-corrected chi connectivity index (χ2v) is 6.03. The van der Waals surface area contributed by atoms with Gasteiger partial charge in [-0.25, -0.2) is 0 Å². The van der Waals surface area contributed by atoms with Crippen LogP contribution in [0, 0.1) is 23.7 Å². The van der Waals surface area contributed by atoms with E-state index in [9.17, 15) is 9.59 Å². The number of hydrogen-bond donors (Lipinski definition) is 0. The lowest BCUT2D eigenvalue weighted by Gasteiger charge is -2.10. The van der Waals surface area contributed by atoms with Crippen molar-refractivity contribution in [1.82, 2.24) is 0 Å². The Balaban J connectivity index is 1.88. The van der Waals surface area contributed by atoms with Crippen molar-refractivity contribution < 1.29 is 9.59 Å². The van der Waals surface area contributed by atoms with Gasteiger partial charge in [0.2, 0.25) is 0 Å². The minimum absolute atomic E-state index is 0.0114. The summed E-state index contributed by atoms with van der Waals surface area (Å²) in [6, 6.07) is 9.43. The van der Waals surface area contributed by atoms with Gasteiger partial charge in [-0.15, -0.1) is 0 Å². The first-order valence-electron chi connectivity index (χ1n) is 7.13. The number of Topliss-reactive ketones (excluding diaryl/α,β-unsaturated/α-hetero) is 2. The van der Waals surface area contributed by atoms with Crippen LogP contribution in [0.5, 0.6) is 0 Å². The lowest BCUT2D eigenvalue weighted by atomic mass is 9.93. The molecule has 0 amide bonds. The minimum atomic E-state index is 0.0114. The topological polar surface area (TPSA) is 34.1 Å². The van der Waals surface area contributed by atoms with Gasteiger partial charge in [-0.1, -0.05) is 51.1 Å². The fourth-order valence-electron chi connectivity index (χ4n) is 2.73. The Morgan fingerprint density at radius 1 is 1.16 bits per heavy atom. The highest BCUT2D eigenvalue weighted by Crippen LogP contribution is 2.45. The van der Waals surface area contributed by atoms with Crippen molar-refractivity contribution in [3.8, 4) is 0 Å². The van der Waals surface area contributed by atoms with E-state index in [-0.39, 0.29) is 23.5 Å². The summed E-state index contributed by atoms with van der Waals surface area (Å²) >= 11 is 0. The maximum absolute atomic E-state index is 12.2. The maximum Gasteiger partial charge on any atom is 0.165 e. The van der Waals surface area contributed by atoms with E-state index in [1.165, 1.54) is 0 Å². The number of hydrogen-bond acceptors (Lipinski definition) is 2. The molecule has 0 aromatic heterocycles. The number of rotatable bonds is 6. The van der Waals surface area contributed by atoms with E-state index in [2.05, 4.69) is 0 Å². The van der Waals surface area contributed by atoms with Crippen LogP contribution in [0.1, 0.15) is 44.0 Å². The van der Waals surface area contributed by atoms with Gasteiger partial charge >= 0.3 is 0 Å². The van der Waals surface area contributed by atoms with E-state index in [4.69, 9.17) is 0 Å². The van der Waals surface area contributed by atoms with E-state index >= 15 is 0 Å². The Labute approximate surface area is 115 Å². The lowest BCUT2D eigenvalue weighted by Crippen LogP contribution is -2.15. The number of carbonyl (C=O) groups excluding carboxylic acids is 2. The van der Waals surface area contributed by atoms with E-state index in [1.54, 1.807) is 0 Å². The molecule has 1 saturated carbocycles. The summed E-state index contributed by atoms with van der Waals surface area (Å²) in [5.74, 6) is 1.34. The first-order valence-corrected chi connectivity index (χ1v) is 7.13. The van der Waals surface area contributed by atoms with Crippen LogP contribution >= 0.6 is 0 Å². The zero-order valence-electron chi connectivity index (χ0n) is 11.9. The summed E-state index contributed by atoms with van der Waals surface area (Å²) in [4.78, 5) is 24.1. The third kappa shape index (κ3) is 3.31. The molecule has 2 rings (SSSR count). The van der Waals surface area contributed by atoms with E-state index in [1.807, 2.05) is 51.1 Å². The molecule has 3 atom stereocenters. The average molecular weight is 258 g/mol. The largest absolute Gasteiger partial charge is 0.299 e. The van der Waals surface area contributed by atoms with Gasteiger partial charge in [0.15, 0.2) is 5.78 Å². The van der Waals surface area contributed by atoms with Crippen molar-refractivity contribution in [3.05, 3.63) is 35.9 Å². The Kier molecular flexibility index (Phi) is 4.18. The summed E-state index contributed by atoms with van der Waals surface area (Å²) in [6.45, 7) is 5.89. The van der Waals surface area contributed by atoms with Gasteiger partial charge in [-0.3, -0.25) is 9.59 Å². The highest BCUT2D eigenvalue weighted by molar-refractivity contribution is 5.97. The Hall–Kier alpha value is -1.44. The molecule has 102 valence electrons. The third-order valence-electron chi connectivity index (χ3n) is 4.02. The average Bonchev–Trinajstić information content (AvgIpc) is 3.16. The molecule has 0 radical (unpaired) electrons. The van der Waals surface area contributed by atoms with Gasteiger partial charge in [0.05, 0.1) is 0 Å². The van der Waals surface area contributed by atoms with Crippen LogP contribution < -0.4 is 0 Å². The maximum atomic E-state index is 12.2. The fourth-order valence-corrected chi connectivity index (χ4v) is 2.73. The molecule has 1 fully saturated rings. The monoisotopic (exact) mass is 258 g/mol. The Bertz CT molecular complexity index is 461. The molecule has 0 saturated heterocycles. The van der Waals surface area contributed by atoms with Crippen LogP contribution in [-0.4, -0.2) is 11.6 Å². The Morgan fingerprint density at radius 2 is 1.79 bits per heavy atom. The quantitative estimate of drug-likeness (QED) is 0.728. The first kappa shape index (κ1) is 14.0. The van der Waals surface area contributed by atoms with Crippen LogP contribution in [0.25, 0.3) is 0 Å². The fraction of sp³-hybridized carbons (Fsp3) is 0.529. The number of ketones is 2. The number of carbonyl (C=O) groups is 2. The summed E-state index contributed by atoms with van der Waals surface area (Å²) < 4.78 is 0. The van der Waals surface area contributed by atoms with Crippen LogP contribution in [0.4, 0.5) is 0 Å². The molecule has 2 heteroatoms. The van der Waals surface area contributed by atoms with Crippen LogP contribution in [-0.2, 0) is 4.79 Å². The van der Waals surface area contributed by atoms with Crippen molar-refractivity contribution in [1.29, 1.82) is 0 Å². The molecular weight excluding hydrogens is 236 g/mol. The van der Waals surface area contributed by atoms with Gasteiger partial charge < -0.3 is 0 Å². The molecule has 0 aliphatic heterocycles. The summed E-state index contributed by atoms with van der Waals surface area (Å²) in [7, 11) is 0. The van der Waals surface area contributed by atoms with Gasteiger partial charge in [0.25, 0.3) is 0 Å². The van der Waals surface area contributed by atoms with Gasteiger partial charge in [-0.2, -0.15) is 0 Å². The SMILES string of the molecule is CC(C)C(=O)C1CC1CC(C)C(=O)c1ccccc1. The van der Waals surface area contributed by atoms with E-state index < -0.39 is 0 Å². The van der Waals surface area contributed by atoms with Crippen LogP contribution in [0.2, 0.25) is 0 Å². The van der Waals surface area contributed by atoms with Crippen LogP contribution in [0.15, 0.2) is 30.3 Å². The molecule has 1 aliphatic rings. The molecule has 1 aliphatic carbocycles. The summed E-state index contributed by atoms with van der Waals surface area (Å²) in [6.07, 6.45) is 1.82. The van der Waals surface area contributed by atoms with Crippen molar-refractivity contribution in [2.45, 2.75) is 33.6 Å². The molecule has 2 nitrogen and oxygen atoms in total. The van der Waals surface area contributed by atoms with E-state index in [0.717, 1.165) is 18.4 Å². The molecular formula is C17H22O2. The van der Waals surface area contributed by atoms with Crippen LogP contribution in [0.3, 0.4) is 0 Å². The zero-order chi connectivity index (χ0) is 14.0. The predicted molar refractivity (Wildman–Crippen MR) is 76.0 cm³/mol. The molecule has 0 heterocycles. The van der Waals surface area contributed by atoms with Gasteiger partial charge in [0, 0.05) is 23.3 Å². The van der Waals surface area contributed by atoms with E-state index in [0.29, 0.717) is 11.7 Å². The summed E-state index contributed by atoms with van der Waals surface area (Å²) in [5.41, 5.74) is 0.780. The molecule has 0 spiro atoms. The smallest absolute Gasteiger partial charge is 0.165 e. The minimum Gasteiger partial charge on any atom is -0.299 e. The van der Waals surface area contributed by atoms with Crippen molar-refractivity contribution in [3.63, 3.8) is 0 Å². The predicted octanol–water partition coefficient (Wildman–Crippen LogP) is 3.76.